The van der Waals surface area contributed by atoms with E-state index in [1.165, 1.54) is 0 Å². The molecule has 0 aliphatic heterocycles. The minimum absolute atomic E-state index is 0.448. The van der Waals surface area contributed by atoms with Crippen molar-refractivity contribution in [2.75, 3.05) is 0 Å². The van der Waals surface area contributed by atoms with E-state index in [0.29, 0.717) is 0 Å². The molecule has 2 nitrogen and oxygen atoms in total. The highest BCUT2D eigenvalue weighted by atomic mass is 35.5. The monoisotopic (exact) mass is 211 g/mol. The first-order valence-corrected chi connectivity index (χ1v) is 3.84. The number of rotatable bonds is 1. The summed E-state index contributed by atoms with van der Waals surface area (Å²) >= 11 is 5.22. The zero-order valence-electron chi connectivity index (χ0n) is 6.28. The van der Waals surface area contributed by atoms with Crippen LogP contribution in [0.2, 0.25) is 0 Å². The molecule has 0 unspecified atom stereocenters. The second-order valence-corrected chi connectivity index (χ2v) is 2.59. The molecule has 0 radical (unpaired) electrons. The van der Waals surface area contributed by atoms with Crippen LogP contribution < -0.4 is 5.43 Å². The van der Waals surface area contributed by atoms with Crippen molar-refractivity contribution in [1.29, 1.82) is 0 Å². The summed E-state index contributed by atoms with van der Waals surface area (Å²) in [6.45, 7) is 0. The van der Waals surface area contributed by atoms with Crippen molar-refractivity contribution >= 4 is 11.6 Å². The average molecular weight is 212 g/mol. The predicted molar refractivity (Wildman–Crippen MR) is 41.6 cm³/mol. The van der Waals surface area contributed by atoms with Crippen molar-refractivity contribution in [3.8, 4) is 0 Å². The first-order chi connectivity index (χ1) is 5.96. The van der Waals surface area contributed by atoms with Gasteiger partial charge in [-0.2, -0.15) is 13.2 Å². The highest BCUT2D eigenvalue weighted by molar-refractivity contribution is 6.17. The van der Waals surface area contributed by atoms with Crippen LogP contribution in [0.15, 0.2) is 17.1 Å². The van der Waals surface area contributed by atoms with E-state index in [2.05, 4.69) is 0 Å². The van der Waals surface area contributed by atoms with Crippen LogP contribution in [-0.4, -0.2) is 4.98 Å². The van der Waals surface area contributed by atoms with Crippen LogP contribution in [0.4, 0.5) is 13.2 Å². The maximum atomic E-state index is 12.2. The zero-order chi connectivity index (χ0) is 10.1. The Balaban J connectivity index is 3.38. The number of pyridine rings is 1. The number of aromatic nitrogens is 1. The summed E-state index contributed by atoms with van der Waals surface area (Å²) in [5, 5.41) is 0. The van der Waals surface area contributed by atoms with Crippen molar-refractivity contribution < 1.29 is 13.2 Å². The standard InChI is InChI=1S/C7H5ClF3NO/c8-3-4-5(13)1-2-12-6(4)7(9,10)11/h1-2H,3H2,(H,12,13). The number of hydrogen-bond acceptors (Lipinski definition) is 1. The van der Waals surface area contributed by atoms with Crippen molar-refractivity contribution in [2.24, 2.45) is 0 Å². The van der Waals surface area contributed by atoms with E-state index in [1.54, 1.807) is 0 Å². The fourth-order valence-electron chi connectivity index (χ4n) is 0.897. The molecule has 13 heavy (non-hydrogen) atoms. The molecule has 0 saturated heterocycles. The Kier molecular flexibility index (Phi) is 2.66. The third-order valence-electron chi connectivity index (χ3n) is 1.48. The summed E-state index contributed by atoms with van der Waals surface area (Å²) in [5.41, 5.74) is -2.23. The van der Waals surface area contributed by atoms with E-state index < -0.39 is 28.7 Å². The molecule has 72 valence electrons. The molecule has 0 aliphatic rings. The van der Waals surface area contributed by atoms with Gasteiger partial charge in [-0.05, 0) is 0 Å². The predicted octanol–water partition coefficient (Wildman–Crippen LogP) is 2.13. The molecule has 0 aromatic carbocycles. The number of halogens is 4. The smallest absolute Gasteiger partial charge is 0.357 e. The van der Waals surface area contributed by atoms with Gasteiger partial charge in [-0.3, -0.25) is 4.79 Å². The summed E-state index contributed by atoms with van der Waals surface area (Å²) < 4.78 is 36.6. The van der Waals surface area contributed by atoms with Gasteiger partial charge in [0.1, 0.15) is 5.69 Å². The molecule has 0 fully saturated rings. The highest BCUT2D eigenvalue weighted by Gasteiger charge is 2.34. The van der Waals surface area contributed by atoms with Crippen LogP contribution in [0.1, 0.15) is 11.3 Å². The fourth-order valence-corrected chi connectivity index (χ4v) is 1.16. The topological polar surface area (TPSA) is 32.9 Å². The average Bonchev–Trinajstić information content (AvgIpc) is 2.02. The highest BCUT2D eigenvalue weighted by Crippen LogP contribution is 2.29. The van der Waals surface area contributed by atoms with Crippen LogP contribution in [0.3, 0.4) is 0 Å². The second kappa shape index (κ2) is 3.41. The third kappa shape index (κ3) is 2.03. The molecular weight excluding hydrogens is 207 g/mol. The van der Waals surface area contributed by atoms with Gasteiger partial charge < -0.3 is 4.98 Å². The van der Waals surface area contributed by atoms with E-state index in [1.807, 2.05) is 4.98 Å². The molecule has 0 spiro atoms. The Morgan fingerprint density at radius 2 is 2.08 bits per heavy atom. The fraction of sp³-hybridized carbons (Fsp3) is 0.286. The number of hydrogen-bond donors (Lipinski definition) is 1. The minimum Gasteiger partial charge on any atom is -0.357 e. The molecule has 0 saturated carbocycles. The molecule has 1 heterocycles. The Labute approximate surface area is 76.3 Å². The maximum Gasteiger partial charge on any atom is 0.431 e. The van der Waals surface area contributed by atoms with Crippen molar-refractivity contribution in [1.82, 2.24) is 4.98 Å². The first-order valence-electron chi connectivity index (χ1n) is 3.30. The van der Waals surface area contributed by atoms with Gasteiger partial charge in [0, 0.05) is 17.8 Å². The third-order valence-corrected chi connectivity index (χ3v) is 1.75. The van der Waals surface area contributed by atoms with Gasteiger partial charge >= 0.3 is 6.18 Å². The SMILES string of the molecule is O=c1cc[nH]c(C(F)(F)F)c1CCl. The summed E-state index contributed by atoms with van der Waals surface area (Å²) in [6.07, 6.45) is -3.62. The van der Waals surface area contributed by atoms with Gasteiger partial charge in [0.25, 0.3) is 0 Å². The van der Waals surface area contributed by atoms with Gasteiger partial charge in [0.05, 0.1) is 5.88 Å². The van der Waals surface area contributed by atoms with E-state index in [-0.39, 0.29) is 0 Å². The van der Waals surface area contributed by atoms with Gasteiger partial charge in [-0.15, -0.1) is 11.6 Å². The Hall–Kier alpha value is -0.970. The molecule has 0 amide bonds. The molecule has 1 aromatic rings. The Morgan fingerprint density at radius 1 is 1.46 bits per heavy atom. The van der Waals surface area contributed by atoms with Crippen LogP contribution in [0.25, 0.3) is 0 Å². The molecule has 1 rings (SSSR count). The van der Waals surface area contributed by atoms with E-state index >= 15 is 0 Å². The Morgan fingerprint density at radius 3 is 2.46 bits per heavy atom. The second-order valence-electron chi connectivity index (χ2n) is 2.33. The molecule has 1 N–H and O–H groups in total. The van der Waals surface area contributed by atoms with Crippen molar-refractivity contribution in [3.63, 3.8) is 0 Å². The lowest BCUT2D eigenvalue weighted by Gasteiger charge is -2.09. The van der Waals surface area contributed by atoms with Crippen LogP contribution >= 0.6 is 11.6 Å². The molecule has 6 heteroatoms. The van der Waals surface area contributed by atoms with Gasteiger partial charge in [0.2, 0.25) is 0 Å². The maximum absolute atomic E-state index is 12.2. The lowest BCUT2D eigenvalue weighted by molar-refractivity contribution is -0.141. The molecule has 0 aliphatic carbocycles. The minimum atomic E-state index is -4.56. The van der Waals surface area contributed by atoms with E-state index in [9.17, 15) is 18.0 Å². The van der Waals surface area contributed by atoms with Gasteiger partial charge in [-0.1, -0.05) is 0 Å². The summed E-state index contributed by atoms with van der Waals surface area (Å²) in [5.74, 6) is -0.453. The van der Waals surface area contributed by atoms with Crippen LogP contribution in [0.5, 0.6) is 0 Å². The number of alkyl halides is 4. The quantitative estimate of drug-likeness (QED) is 0.710. The lowest BCUT2D eigenvalue weighted by atomic mass is 10.2. The number of nitrogens with one attached hydrogen (secondary N) is 1. The molecule has 0 bridgehead atoms. The van der Waals surface area contributed by atoms with Crippen LogP contribution in [-0.2, 0) is 12.1 Å². The number of H-pyrrole nitrogens is 1. The van der Waals surface area contributed by atoms with Gasteiger partial charge in [-0.25, -0.2) is 0 Å². The largest absolute Gasteiger partial charge is 0.431 e. The number of aromatic amines is 1. The molecular formula is C7H5ClF3NO. The zero-order valence-corrected chi connectivity index (χ0v) is 7.04. The normalized spacial score (nSPS) is 11.7. The molecule has 0 atom stereocenters. The van der Waals surface area contributed by atoms with E-state index in [4.69, 9.17) is 11.6 Å². The Bertz CT molecular complexity index is 357. The van der Waals surface area contributed by atoms with Gasteiger partial charge in [0.15, 0.2) is 5.43 Å². The van der Waals surface area contributed by atoms with Crippen LogP contribution in [0, 0.1) is 0 Å². The summed E-state index contributed by atoms with van der Waals surface area (Å²) in [4.78, 5) is 12.9. The summed E-state index contributed by atoms with van der Waals surface area (Å²) in [6, 6.07) is 1.01. The van der Waals surface area contributed by atoms with E-state index in [0.717, 1.165) is 12.3 Å². The summed E-state index contributed by atoms with van der Waals surface area (Å²) in [7, 11) is 0. The lowest BCUT2D eigenvalue weighted by Crippen LogP contribution is -2.18. The molecule has 1 aromatic heterocycles. The first kappa shape index (κ1) is 10.1. The van der Waals surface area contributed by atoms with Crippen molar-refractivity contribution in [2.45, 2.75) is 12.1 Å². The van der Waals surface area contributed by atoms with Crippen molar-refractivity contribution in [3.05, 3.63) is 33.7 Å².